The van der Waals surface area contributed by atoms with Crippen molar-refractivity contribution in [2.24, 2.45) is 0 Å². The van der Waals surface area contributed by atoms with Gasteiger partial charge in [-0.1, -0.05) is 0 Å². The van der Waals surface area contributed by atoms with E-state index >= 15 is 0 Å². The molecule has 7 nitrogen and oxygen atoms in total. The Morgan fingerprint density at radius 1 is 1.45 bits per heavy atom. The molecule has 1 aromatic rings. The highest BCUT2D eigenvalue weighted by molar-refractivity contribution is 7.98. The van der Waals surface area contributed by atoms with E-state index in [0.717, 1.165) is 42.2 Å². The molecule has 3 heterocycles. The molecule has 0 aromatic carbocycles. The summed E-state index contributed by atoms with van der Waals surface area (Å²) in [6, 6.07) is 0. The van der Waals surface area contributed by atoms with Gasteiger partial charge in [0, 0.05) is 37.1 Å². The number of nitrogens with zero attached hydrogens (tertiary/aromatic N) is 2. The number of fused-ring (bicyclic) bond motifs is 1. The first-order valence-electron chi connectivity index (χ1n) is 7.45. The number of hydrogen-bond donors (Lipinski definition) is 2. The van der Waals surface area contributed by atoms with Crippen LogP contribution >= 0.6 is 11.8 Å². The summed E-state index contributed by atoms with van der Waals surface area (Å²) < 4.78 is 7.08. The number of anilines is 1. The molecule has 0 radical (unpaired) electrons. The van der Waals surface area contributed by atoms with Gasteiger partial charge in [-0.25, -0.2) is 4.68 Å². The third-order valence-electron chi connectivity index (χ3n) is 3.76. The van der Waals surface area contributed by atoms with Gasteiger partial charge in [0.05, 0.1) is 11.8 Å². The largest absolute Gasteiger partial charge is 0.376 e. The van der Waals surface area contributed by atoms with Crippen LogP contribution in [0.5, 0.6) is 0 Å². The van der Waals surface area contributed by atoms with Crippen molar-refractivity contribution in [3.63, 3.8) is 0 Å². The van der Waals surface area contributed by atoms with E-state index in [2.05, 4.69) is 15.7 Å². The van der Waals surface area contributed by atoms with E-state index in [4.69, 9.17) is 4.74 Å². The van der Waals surface area contributed by atoms with Crippen LogP contribution in [-0.2, 0) is 32.4 Å². The fourth-order valence-corrected chi connectivity index (χ4v) is 3.75. The summed E-state index contributed by atoms with van der Waals surface area (Å²) in [7, 11) is 0. The van der Waals surface area contributed by atoms with Gasteiger partial charge in [0.2, 0.25) is 11.8 Å². The predicted molar refractivity (Wildman–Crippen MR) is 83.5 cm³/mol. The summed E-state index contributed by atoms with van der Waals surface area (Å²) in [6.07, 6.45) is 2.17. The van der Waals surface area contributed by atoms with Gasteiger partial charge in [0.25, 0.3) is 0 Å². The van der Waals surface area contributed by atoms with Gasteiger partial charge in [-0.05, 0) is 12.8 Å². The fraction of sp³-hybridized carbons (Fsp3) is 0.643. The molecule has 2 N–H and O–H groups in total. The van der Waals surface area contributed by atoms with Crippen molar-refractivity contribution in [3.8, 4) is 0 Å². The average Bonchev–Trinajstić information content (AvgIpc) is 3.16. The Bertz CT molecular complexity index is 581. The maximum atomic E-state index is 12.1. The lowest BCUT2D eigenvalue weighted by Crippen LogP contribution is -2.34. The number of ether oxygens (including phenoxy) is 1. The monoisotopic (exact) mass is 324 g/mol. The summed E-state index contributed by atoms with van der Waals surface area (Å²) in [5.41, 5.74) is 1.99. The smallest absolute Gasteiger partial charge is 0.241 e. The normalized spacial score (nSPS) is 20.0. The van der Waals surface area contributed by atoms with E-state index in [1.807, 2.05) is 0 Å². The Balaban J connectivity index is 1.63. The van der Waals surface area contributed by atoms with Crippen LogP contribution in [0.25, 0.3) is 0 Å². The predicted octanol–water partition coefficient (Wildman–Crippen LogP) is 0.883. The van der Waals surface area contributed by atoms with E-state index in [1.165, 1.54) is 6.92 Å². The van der Waals surface area contributed by atoms with Gasteiger partial charge in [-0.2, -0.15) is 16.9 Å². The zero-order valence-corrected chi connectivity index (χ0v) is 13.4. The molecule has 0 aliphatic carbocycles. The van der Waals surface area contributed by atoms with Gasteiger partial charge in [0.1, 0.15) is 12.4 Å². The highest BCUT2D eigenvalue weighted by Crippen LogP contribution is 2.34. The molecule has 2 aliphatic heterocycles. The Kier molecular flexibility index (Phi) is 4.68. The van der Waals surface area contributed by atoms with Crippen LogP contribution in [0.3, 0.4) is 0 Å². The zero-order valence-electron chi connectivity index (χ0n) is 12.6. The lowest BCUT2D eigenvalue weighted by Gasteiger charge is -2.12. The Labute approximate surface area is 133 Å². The first-order valence-corrected chi connectivity index (χ1v) is 8.61. The zero-order chi connectivity index (χ0) is 15.5. The Morgan fingerprint density at radius 2 is 2.32 bits per heavy atom. The van der Waals surface area contributed by atoms with Crippen molar-refractivity contribution in [1.29, 1.82) is 0 Å². The van der Waals surface area contributed by atoms with Crippen LogP contribution in [0, 0.1) is 0 Å². The second-order valence-electron chi connectivity index (χ2n) is 5.54. The standard InChI is InChI=1S/C14H20N4O3S/c1-9(19)16-14-11-7-22-8-12(11)17-18(14)6-13(20)15-5-10-3-2-4-21-10/h10H,2-8H2,1H3,(H,15,20)(H,16,19). The molecular weight excluding hydrogens is 304 g/mol. The number of thioether (sulfide) groups is 1. The first-order chi connectivity index (χ1) is 10.6. The number of aromatic nitrogens is 2. The van der Waals surface area contributed by atoms with Gasteiger partial charge in [-0.3, -0.25) is 9.59 Å². The Hall–Kier alpha value is -1.54. The molecule has 1 fully saturated rings. The van der Waals surface area contributed by atoms with Crippen LogP contribution in [0.15, 0.2) is 0 Å². The van der Waals surface area contributed by atoms with Crippen molar-refractivity contribution >= 4 is 29.4 Å². The van der Waals surface area contributed by atoms with Crippen LogP contribution in [0.4, 0.5) is 5.82 Å². The fourth-order valence-electron chi connectivity index (χ4n) is 2.71. The third kappa shape index (κ3) is 3.44. The van der Waals surface area contributed by atoms with Gasteiger partial charge in [-0.15, -0.1) is 0 Å². The van der Waals surface area contributed by atoms with Crippen LogP contribution in [-0.4, -0.2) is 40.9 Å². The molecule has 2 aliphatic rings. The molecule has 1 saturated heterocycles. The van der Waals surface area contributed by atoms with Crippen LogP contribution < -0.4 is 10.6 Å². The third-order valence-corrected chi connectivity index (χ3v) is 4.73. The molecule has 120 valence electrons. The van der Waals surface area contributed by atoms with Crippen LogP contribution in [0.2, 0.25) is 0 Å². The summed E-state index contributed by atoms with van der Waals surface area (Å²) in [5.74, 6) is 2.03. The van der Waals surface area contributed by atoms with E-state index in [9.17, 15) is 9.59 Å². The molecule has 0 bridgehead atoms. The molecule has 1 atom stereocenters. The summed E-state index contributed by atoms with van der Waals surface area (Å²) in [5, 5.41) is 10.1. The van der Waals surface area contributed by atoms with Crippen LogP contribution in [0.1, 0.15) is 31.0 Å². The lowest BCUT2D eigenvalue weighted by atomic mass is 10.2. The maximum Gasteiger partial charge on any atom is 0.241 e. The van der Waals surface area contributed by atoms with E-state index in [1.54, 1.807) is 16.4 Å². The molecule has 0 spiro atoms. The highest BCUT2D eigenvalue weighted by atomic mass is 32.2. The van der Waals surface area contributed by atoms with E-state index < -0.39 is 0 Å². The van der Waals surface area contributed by atoms with E-state index in [0.29, 0.717) is 12.4 Å². The molecule has 22 heavy (non-hydrogen) atoms. The lowest BCUT2D eigenvalue weighted by molar-refractivity contribution is -0.122. The summed E-state index contributed by atoms with van der Waals surface area (Å²) in [6.45, 7) is 2.88. The minimum Gasteiger partial charge on any atom is -0.376 e. The minimum atomic E-state index is -0.152. The van der Waals surface area contributed by atoms with Gasteiger partial charge < -0.3 is 15.4 Å². The minimum absolute atomic E-state index is 0.111. The molecular formula is C14H20N4O3S. The molecule has 1 aromatic heterocycles. The molecule has 3 rings (SSSR count). The summed E-state index contributed by atoms with van der Waals surface area (Å²) >= 11 is 1.76. The average molecular weight is 324 g/mol. The molecule has 2 amide bonds. The second-order valence-corrected chi connectivity index (χ2v) is 6.53. The van der Waals surface area contributed by atoms with Gasteiger partial charge >= 0.3 is 0 Å². The van der Waals surface area contributed by atoms with E-state index in [-0.39, 0.29) is 24.5 Å². The first kappa shape index (κ1) is 15.4. The maximum absolute atomic E-state index is 12.1. The van der Waals surface area contributed by atoms with Crippen molar-refractivity contribution in [1.82, 2.24) is 15.1 Å². The van der Waals surface area contributed by atoms with Gasteiger partial charge in [0.15, 0.2) is 0 Å². The SMILES string of the molecule is CC(=O)Nc1c2c(nn1CC(=O)NCC1CCCO1)CSC2. The molecule has 0 saturated carbocycles. The molecule has 8 heteroatoms. The Morgan fingerprint density at radius 3 is 3.05 bits per heavy atom. The highest BCUT2D eigenvalue weighted by Gasteiger charge is 2.24. The van der Waals surface area contributed by atoms with Crippen molar-refractivity contribution in [3.05, 3.63) is 11.3 Å². The van der Waals surface area contributed by atoms with Crippen molar-refractivity contribution in [2.45, 2.75) is 43.9 Å². The quantitative estimate of drug-likeness (QED) is 0.840. The number of hydrogen-bond acceptors (Lipinski definition) is 5. The number of carbonyl (C=O) groups is 2. The van der Waals surface area contributed by atoms with Crippen molar-refractivity contribution < 1.29 is 14.3 Å². The van der Waals surface area contributed by atoms with Crippen molar-refractivity contribution in [2.75, 3.05) is 18.5 Å². The number of rotatable bonds is 5. The number of nitrogens with one attached hydrogen (secondary N) is 2. The summed E-state index contributed by atoms with van der Waals surface area (Å²) in [4.78, 5) is 23.5. The second kappa shape index (κ2) is 6.70. The topological polar surface area (TPSA) is 85.2 Å². The number of amides is 2. The number of carbonyl (C=O) groups excluding carboxylic acids is 2. The molecule has 1 unspecified atom stereocenters.